The van der Waals surface area contributed by atoms with Gasteiger partial charge in [-0.2, -0.15) is 0 Å². The van der Waals surface area contributed by atoms with Crippen LogP contribution in [0.5, 0.6) is 5.88 Å². The van der Waals surface area contributed by atoms with Crippen LogP contribution < -0.4 is 4.74 Å². The molecule has 1 fully saturated rings. The van der Waals surface area contributed by atoms with Crippen LogP contribution >= 0.6 is 22.6 Å². The second-order valence-electron chi connectivity index (χ2n) is 5.80. The number of likely N-dealkylation sites (tertiary alicyclic amines) is 1. The number of halogens is 1. The monoisotopic (exact) mass is 430 g/mol. The molecule has 4 rings (SSSR count). The van der Waals surface area contributed by atoms with Gasteiger partial charge in [-0.3, -0.25) is 4.79 Å². The van der Waals surface area contributed by atoms with Crippen LogP contribution in [-0.4, -0.2) is 35.0 Å². The van der Waals surface area contributed by atoms with Crippen LogP contribution in [0.3, 0.4) is 0 Å². The molecule has 0 unspecified atom stereocenters. The number of pyridine rings is 1. The Morgan fingerprint density at radius 2 is 1.92 bits per heavy atom. The van der Waals surface area contributed by atoms with Crippen LogP contribution in [0.15, 0.2) is 60.7 Å². The Bertz CT molecular complexity index is 907. The van der Waals surface area contributed by atoms with Gasteiger partial charge in [0.2, 0.25) is 5.88 Å². The highest BCUT2D eigenvalue weighted by molar-refractivity contribution is 14.1. The molecule has 4 nitrogen and oxygen atoms in total. The number of benzene rings is 2. The first kappa shape index (κ1) is 15.4. The Hall–Kier alpha value is -2.15. The van der Waals surface area contributed by atoms with E-state index < -0.39 is 0 Å². The maximum Gasteiger partial charge on any atom is 0.254 e. The van der Waals surface area contributed by atoms with E-state index in [1.54, 1.807) is 4.90 Å². The molecule has 1 aromatic heterocycles. The van der Waals surface area contributed by atoms with Crippen molar-refractivity contribution in [3.63, 3.8) is 0 Å². The Morgan fingerprint density at radius 1 is 1.08 bits per heavy atom. The summed E-state index contributed by atoms with van der Waals surface area (Å²) in [6, 6.07) is 19.5. The molecule has 1 saturated heterocycles. The van der Waals surface area contributed by atoms with Crippen LogP contribution in [0, 0.1) is 3.57 Å². The summed E-state index contributed by atoms with van der Waals surface area (Å²) in [5, 5.41) is 1.09. The van der Waals surface area contributed by atoms with E-state index in [0.717, 1.165) is 20.0 Å². The molecule has 1 aliphatic rings. The lowest BCUT2D eigenvalue weighted by Gasteiger charge is -2.38. The molecular formula is C19H15IN2O2. The minimum Gasteiger partial charge on any atom is -0.471 e. The number of hydrogen-bond donors (Lipinski definition) is 0. The van der Waals surface area contributed by atoms with Crippen molar-refractivity contribution in [3.8, 4) is 5.88 Å². The molecule has 24 heavy (non-hydrogen) atoms. The van der Waals surface area contributed by atoms with Crippen LogP contribution in [0.4, 0.5) is 0 Å². The lowest BCUT2D eigenvalue weighted by Crippen LogP contribution is -2.56. The maximum absolute atomic E-state index is 12.4. The van der Waals surface area contributed by atoms with E-state index in [2.05, 4.69) is 27.6 Å². The van der Waals surface area contributed by atoms with Gasteiger partial charge >= 0.3 is 0 Å². The molecule has 120 valence electrons. The number of aromatic nitrogens is 1. The van der Waals surface area contributed by atoms with Gasteiger partial charge in [-0.15, -0.1) is 0 Å². The molecule has 1 aliphatic heterocycles. The van der Waals surface area contributed by atoms with Crippen molar-refractivity contribution >= 4 is 39.4 Å². The highest BCUT2D eigenvalue weighted by atomic mass is 127. The van der Waals surface area contributed by atoms with Crippen LogP contribution in [0.25, 0.3) is 10.9 Å². The SMILES string of the molecule is O=C(c1cccc(I)c1)N1CC(Oc2ccc3ccccc3n2)C1. The van der Waals surface area contributed by atoms with Gasteiger partial charge < -0.3 is 9.64 Å². The van der Waals surface area contributed by atoms with E-state index >= 15 is 0 Å². The number of rotatable bonds is 3. The van der Waals surface area contributed by atoms with Crippen LogP contribution in [-0.2, 0) is 0 Å². The normalized spacial score (nSPS) is 14.5. The summed E-state index contributed by atoms with van der Waals surface area (Å²) in [5.41, 5.74) is 1.64. The fourth-order valence-electron chi connectivity index (χ4n) is 2.77. The number of carbonyl (C=O) groups excluding carboxylic acids is 1. The molecule has 0 N–H and O–H groups in total. The van der Waals surface area contributed by atoms with Gasteiger partial charge in [-0.05, 0) is 52.9 Å². The summed E-state index contributed by atoms with van der Waals surface area (Å²) in [7, 11) is 0. The molecule has 1 amide bonds. The Labute approximate surface area is 153 Å². The second-order valence-corrected chi connectivity index (χ2v) is 7.05. The molecule has 5 heteroatoms. The van der Waals surface area contributed by atoms with E-state index in [1.807, 2.05) is 60.7 Å². The van der Waals surface area contributed by atoms with Gasteiger partial charge in [0.15, 0.2) is 0 Å². The molecule has 0 saturated carbocycles. The lowest BCUT2D eigenvalue weighted by molar-refractivity contribution is 0.0161. The standard InChI is InChI=1S/C19H15IN2O2/c20-15-6-3-5-14(10-15)19(23)22-11-16(12-22)24-18-9-8-13-4-1-2-7-17(13)21-18/h1-10,16H,11-12H2. The average Bonchev–Trinajstić information content (AvgIpc) is 2.57. The number of nitrogens with zero attached hydrogens (tertiary/aromatic N) is 2. The van der Waals surface area contributed by atoms with Crippen molar-refractivity contribution in [2.75, 3.05) is 13.1 Å². The largest absolute Gasteiger partial charge is 0.471 e. The van der Waals surface area contributed by atoms with Crippen molar-refractivity contribution < 1.29 is 9.53 Å². The third-order valence-corrected chi connectivity index (χ3v) is 4.74. The van der Waals surface area contributed by atoms with Gasteiger partial charge in [0.25, 0.3) is 5.91 Å². The zero-order valence-corrected chi connectivity index (χ0v) is 15.0. The molecule has 2 heterocycles. The first-order chi connectivity index (χ1) is 11.7. The molecule has 0 bridgehead atoms. The number of ether oxygens (including phenoxy) is 1. The van der Waals surface area contributed by atoms with E-state index in [9.17, 15) is 4.79 Å². The minimum absolute atomic E-state index is 0.00500. The van der Waals surface area contributed by atoms with E-state index in [4.69, 9.17) is 4.74 Å². The number of fused-ring (bicyclic) bond motifs is 1. The van der Waals surface area contributed by atoms with Crippen molar-refractivity contribution in [2.45, 2.75) is 6.10 Å². The number of para-hydroxylation sites is 1. The molecule has 0 spiro atoms. The van der Waals surface area contributed by atoms with Gasteiger partial charge in [0.1, 0.15) is 6.10 Å². The molecule has 2 aromatic carbocycles. The summed E-state index contributed by atoms with van der Waals surface area (Å²) < 4.78 is 6.95. The summed E-state index contributed by atoms with van der Waals surface area (Å²) in [6.07, 6.45) is 0.00500. The van der Waals surface area contributed by atoms with Crippen molar-refractivity contribution in [1.82, 2.24) is 9.88 Å². The lowest BCUT2D eigenvalue weighted by atomic mass is 10.1. The minimum atomic E-state index is 0.00500. The Balaban J connectivity index is 1.39. The molecule has 0 radical (unpaired) electrons. The van der Waals surface area contributed by atoms with E-state index in [0.29, 0.717) is 19.0 Å². The fourth-order valence-corrected chi connectivity index (χ4v) is 3.31. The molecule has 3 aromatic rings. The van der Waals surface area contributed by atoms with Gasteiger partial charge in [0, 0.05) is 20.6 Å². The van der Waals surface area contributed by atoms with Crippen LogP contribution in [0.2, 0.25) is 0 Å². The van der Waals surface area contributed by atoms with Crippen LogP contribution in [0.1, 0.15) is 10.4 Å². The topological polar surface area (TPSA) is 42.4 Å². The fraction of sp³-hybridized carbons (Fsp3) is 0.158. The summed E-state index contributed by atoms with van der Waals surface area (Å²) in [6.45, 7) is 1.19. The van der Waals surface area contributed by atoms with Gasteiger partial charge in [-0.1, -0.05) is 24.3 Å². The quantitative estimate of drug-likeness (QED) is 0.595. The van der Waals surface area contributed by atoms with Gasteiger partial charge in [-0.25, -0.2) is 4.98 Å². The highest BCUT2D eigenvalue weighted by Gasteiger charge is 2.33. The predicted octanol–water partition coefficient (Wildman–Crippen LogP) is 3.74. The molecule has 0 atom stereocenters. The Kier molecular flexibility index (Phi) is 4.10. The van der Waals surface area contributed by atoms with Crippen molar-refractivity contribution in [2.24, 2.45) is 0 Å². The zero-order valence-electron chi connectivity index (χ0n) is 12.9. The van der Waals surface area contributed by atoms with E-state index in [-0.39, 0.29) is 12.0 Å². The number of hydrogen-bond acceptors (Lipinski definition) is 3. The first-order valence-corrected chi connectivity index (χ1v) is 8.84. The summed E-state index contributed by atoms with van der Waals surface area (Å²) in [4.78, 5) is 18.7. The third kappa shape index (κ3) is 3.08. The van der Waals surface area contributed by atoms with Crippen molar-refractivity contribution in [3.05, 3.63) is 69.8 Å². The Morgan fingerprint density at radius 3 is 2.75 bits per heavy atom. The van der Waals surface area contributed by atoms with E-state index in [1.165, 1.54) is 0 Å². The van der Waals surface area contributed by atoms with Gasteiger partial charge in [0.05, 0.1) is 18.6 Å². The average molecular weight is 430 g/mol. The smallest absolute Gasteiger partial charge is 0.254 e. The highest BCUT2D eigenvalue weighted by Crippen LogP contribution is 2.21. The number of carbonyl (C=O) groups is 1. The summed E-state index contributed by atoms with van der Waals surface area (Å²) >= 11 is 2.21. The second kappa shape index (κ2) is 6.39. The van der Waals surface area contributed by atoms with Crippen molar-refractivity contribution in [1.29, 1.82) is 0 Å². The zero-order chi connectivity index (χ0) is 16.5. The predicted molar refractivity (Wildman–Crippen MR) is 101 cm³/mol. The molecule has 0 aliphatic carbocycles. The molecular weight excluding hydrogens is 415 g/mol. The maximum atomic E-state index is 12.4. The first-order valence-electron chi connectivity index (χ1n) is 7.76. The third-order valence-electron chi connectivity index (χ3n) is 4.07. The number of amides is 1. The summed E-state index contributed by atoms with van der Waals surface area (Å²) in [5.74, 6) is 0.667.